The van der Waals surface area contributed by atoms with Crippen LogP contribution < -0.4 is 5.56 Å². The minimum Gasteiger partial charge on any atom is -0.493 e. The molecule has 2 aromatic heterocycles. The van der Waals surface area contributed by atoms with Crippen molar-refractivity contribution in [1.29, 1.82) is 0 Å². The highest BCUT2D eigenvalue weighted by Crippen LogP contribution is 2.33. The van der Waals surface area contributed by atoms with E-state index in [4.69, 9.17) is 11.6 Å². The Morgan fingerprint density at radius 2 is 2.07 bits per heavy atom. The fourth-order valence-electron chi connectivity index (χ4n) is 2.94. The molecule has 0 aliphatic carbocycles. The summed E-state index contributed by atoms with van der Waals surface area (Å²) in [6.07, 6.45) is -1.85. The Hall–Kier alpha value is -2.39. The molecular formula is C19H17ClF3N3O2S. The summed E-state index contributed by atoms with van der Waals surface area (Å²) in [5, 5.41) is 10.3. The van der Waals surface area contributed by atoms with Crippen molar-refractivity contribution in [2.45, 2.75) is 31.9 Å². The largest absolute Gasteiger partial charge is 0.493 e. The van der Waals surface area contributed by atoms with Gasteiger partial charge in [-0.15, -0.1) is 11.3 Å². The van der Waals surface area contributed by atoms with Gasteiger partial charge in [-0.3, -0.25) is 9.36 Å². The van der Waals surface area contributed by atoms with Crippen LogP contribution in [0, 0.1) is 0 Å². The molecule has 0 saturated carbocycles. The molecule has 0 radical (unpaired) electrons. The van der Waals surface area contributed by atoms with Crippen LogP contribution in [0.1, 0.15) is 35.5 Å². The number of halogens is 4. The second kappa shape index (κ2) is 8.16. The Balaban J connectivity index is 1.90. The van der Waals surface area contributed by atoms with Gasteiger partial charge < -0.3 is 5.11 Å². The van der Waals surface area contributed by atoms with E-state index in [0.29, 0.717) is 23.1 Å². The minimum atomic E-state index is -4.56. The number of alkyl halides is 3. The highest BCUT2D eigenvalue weighted by atomic mass is 35.5. The number of hydrogen-bond donors (Lipinski definition) is 1. The van der Waals surface area contributed by atoms with Crippen LogP contribution in [-0.2, 0) is 19.6 Å². The van der Waals surface area contributed by atoms with Crippen molar-refractivity contribution in [3.8, 4) is 17.0 Å². The van der Waals surface area contributed by atoms with E-state index < -0.39 is 23.2 Å². The van der Waals surface area contributed by atoms with Crippen LogP contribution in [0.5, 0.6) is 5.88 Å². The molecule has 2 heterocycles. The Labute approximate surface area is 173 Å². The summed E-state index contributed by atoms with van der Waals surface area (Å²) in [5.74, 6) is -0.135. The molecule has 0 spiro atoms. The summed E-state index contributed by atoms with van der Waals surface area (Å²) in [6.45, 7) is 1.98. The standard InChI is InChI=1S/C19H17ClF3N3O2S/c1-10(13-9-24-18(20)29-13)6-7-14-25-16(27)15(17(28)26(14)2)11-4-3-5-12(8-11)19(21,22)23/h3-5,8-10,27H,6-7H2,1-2H3. The first kappa shape index (κ1) is 21.3. The number of hydrogen-bond acceptors (Lipinski definition) is 5. The van der Waals surface area contributed by atoms with Crippen molar-refractivity contribution < 1.29 is 18.3 Å². The zero-order valence-electron chi connectivity index (χ0n) is 15.5. The lowest BCUT2D eigenvalue weighted by molar-refractivity contribution is -0.137. The van der Waals surface area contributed by atoms with Gasteiger partial charge in [0, 0.05) is 24.5 Å². The van der Waals surface area contributed by atoms with Gasteiger partial charge in [-0.25, -0.2) is 4.98 Å². The summed E-state index contributed by atoms with van der Waals surface area (Å²) < 4.78 is 40.6. The van der Waals surface area contributed by atoms with Gasteiger partial charge in [0.05, 0.1) is 5.56 Å². The van der Waals surface area contributed by atoms with Gasteiger partial charge in [0.25, 0.3) is 5.56 Å². The van der Waals surface area contributed by atoms with Gasteiger partial charge >= 0.3 is 6.18 Å². The van der Waals surface area contributed by atoms with Crippen molar-refractivity contribution >= 4 is 22.9 Å². The third-order valence-corrected chi connectivity index (χ3v) is 5.97. The molecule has 0 bridgehead atoms. The monoisotopic (exact) mass is 443 g/mol. The maximum Gasteiger partial charge on any atom is 0.416 e. The number of benzene rings is 1. The molecule has 1 N–H and O–H groups in total. The average Bonchev–Trinajstić information content (AvgIpc) is 3.09. The van der Waals surface area contributed by atoms with Gasteiger partial charge in [-0.2, -0.15) is 18.2 Å². The zero-order chi connectivity index (χ0) is 21.3. The molecule has 0 amide bonds. The van der Waals surface area contributed by atoms with E-state index in [1.54, 1.807) is 6.20 Å². The topological polar surface area (TPSA) is 68.0 Å². The summed E-state index contributed by atoms with van der Waals surface area (Å²) in [4.78, 5) is 21.8. The average molecular weight is 444 g/mol. The first-order valence-electron chi connectivity index (χ1n) is 8.65. The van der Waals surface area contributed by atoms with E-state index in [2.05, 4.69) is 9.97 Å². The summed E-state index contributed by atoms with van der Waals surface area (Å²) in [5.41, 5.74) is -1.81. The van der Waals surface area contributed by atoms with E-state index in [0.717, 1.165) is 17.0 Å². The lowest BCUT2D eigenvalue weighted by Gasteiger charge is -2.14. The van der Waals surface area contributed by atoms with Crippen LogP contribution in [0.2, 0.25) is 4.47 Å². The molecule has 1 unspecified atom stereocenters. The molecule has 154 valence electrons. The van der Waals surface area contributed by atoms with Crippen molar-refractivity contribution in [2.75, 3.05) is 0 Å². The predicted molar refractivity (Wildman–Crippen MR) is 105 cm³/mol. The van der Waals surface area contributed by atoms with Gasteiger partial charge in [-0.1, -0.05) is 30.7 Å². The smallest absolute Gasteiger partial charge is 0.416 e. The fraction of sp³-hybridized carbons (Fsp3) is 0.316. The Morgan fingerprint density at radius 3 is 2.69 bits per heavy atom. The van der Waals surface area contributed by atoms with Crippen LogP contribution in [0.15, 0.2) is 35.3 Å². The number of aryl methyl sites for hydroxylation is 1. The van der Waals surface area contributed by atoms with E-state index >= 15 is 0 Å². The first-order chi connectivity index (χ1) is 13.6. The van der Waals surface area contributed by atoms with Crippen molar-refractivity contribution in [3.05, 3.63) is 61.5 Å². The van der Waals surface area contributed by atoms with Crippen LogP contribution in [-0.4, -0.2) is 19.6 Å². The molecule has 0 fully saturated rings. The fourth-order valence-corrected chi connectivity index (χ4v) is 3.98. The molecule has 5 nitrogen and oxygen atoms in total. The Kier molecular flexibility index (Phi) is 6.00. The lowest BCUT2D eigenvalue weighted by atomic mass is 10.0. The highest BCUT2D eigenvalue weighted by Gasteiger charge is 2.31. The molecule has 1 atom stereocenters. The number of thiazole rings is 1. The van der Waals surface area contributed by atoms with Gasteiger partial charge in [-0.05, 0) is 30.0 Å². The molecule has 29 heavy (non-hydrogen) atoms. The van der Waals surface area contributed by atoms with Crippen molar-refractivity contribution in [1.82, 2.24) is 14.5 Å². The van der Waals surface area contributed by atoms with E-state index in [1.165, 1.54) is 35.1 Å². The molecule has 0 aliphatic heterocycles. The summed E-state index contributed by atoms with van der Waals surface area (Å²) >= 11 is 7.22. The van der Waals surface area contributed by atoms with Gasteiger partial charge in [0.15, 0.2) is 4.47 Å². The molecule has 1 aromatic carbocycles. The van der Waals surface area contributed by atoms with E-state index in [-0.39, 0.29) is 17.0 Å². The quantitative estimate of drug-likeness (QED) is 0.601. The van der Waals surface area contributed by atoms with Gasteiger partial charge in [0.1, 0.15) is 11.4 Å². The maximum absolute atomic E-state index is 13.0. The summed E-state index contributed by atoms with van der Waals surface area (Å²) in [7, 11) is 1.48. The second-order valence-corrected chi connectivity index (χ2v) is 8.27. The third kappa shape index (κ3) is 4.62. The molecular weight excluding hydrogens is 427 g/mol. The molecule has 10 heteroatoms. The van der Waals surface area contributed by atoms with Crippen LogP contribution >= 0.6 is 22.9 Å². The van der Waals surface area contributed by atoms with Crippen LogP contribution in [0.3, 0.4) is 0 Å². The SMILES string of the molecule is CC(CCc1nc(O)c(-c2cccc(C(F)(F)F)c2)c(=O)n1C)c1cnc(Cl)s1. The number of aromatic hydroxyl groups is 1. The molecule has 0 saturated heterocycles. The number of nitrogens with zero attached hydrogens (tertiary/aromatic N) is 3. The maximum atomic E-state index is 13.0. The Bertz CT molecular complexity index is 1100. The normalized spacial score (nSPS) is 12.9. The van der Waals surface area contributed by atoms with E-state index in [9.17, 15) is 23.1 Å². The number of rotatable bonds is 5. The van der Waals surface area contributed by atoms with Crippen LogP contribution in [0.4, 0.5) is 13.2 Å². The molecule has 3 rings (SSSR count). The van der Waals surface area contributed by atoms with Crippen molar-refractivity contribution in [3.63, 3.8) is 0 Å². The third-order valence-electron chi connectivity index (χ3n) is 4.62. The van der Waals surface area contributed by atoms with Crippen LogP contribution in [0.25, 0.3) is 11.1 Å². The zero-order valence-corrected chi connectivity index (χ0v) is 17.1. The lowest BCUT2D eigenvalue weighted by Crippen LogP contribution is -2.24. The van der Waals surface area contributed by atoms with Crippen molar-refractivity contribution in [2.24, 2.45) is 7.05 Å². The van der Waals surface area contributed by atoms with E-state index in [1.807, 2.05) is 6.92 Å². The summed E-state index contributed by atoms with van der Waals surface area (Å²) in [6, 6.07) is 4.25. The second-order valence-electron chi connectivity index (χ2n) is 6.62. The first-order valence-corrected chi connectivity index (χ1v) is 9.85. The predicted octanol–water partition coefficient (Wildman–Crippen LogP) is 5.02. The Morgan fingerprint density at radius 1 is 1.34 bits per heavy atom. The molecule has 3 aromatic rings. The van der Waals surface area contributed by atoms with Gasteiger partial charge in [0.2, 0.25) is 5.88 Å². The highest BCUT2D eigenvalue weighted by molar-refractivity contribution is 7.15. The molecule has 0 aliphatic rings. The number of aromatic nitrogens is 3. The minimum absolute atomic E-state index is 0.0374.